The number of fused-ring (bicyclic) bond motifs is 2. The lowest BCUT2D eigenvalue weighted by molar-refractivity contribution is -0.150. The lowest BCUT2D eigenvalue weighted by Gasteiger charge is -2.31. The fourth-order valence-corrected chi connectivity index (χ4v) is 10.1. The molecule has 6 rings (SSSR count). The van der Waals surface area contributed by atoms with Gasteiger partial charge in [-0.05, 0) is 54.6 Å². The van der Waals surface area contributed by atoms with Gasteiger partial charge in [-0.3, -0.25) is 14.4 Å². The number of anilines is 2. The molecule has 0 saturated carbocycles. The molecule has 1 N–H and O–H groups in total. The average molecular weight is 660 g/mol. The second-order valence-corrected chi connectivity index (χ2v) is 17.0. The van der Waals surface area contributed by atoms with Crippen LogP contribution in [0.4, 0.5) is 15.5 Å². The molecular formula is C36H42FN3O6Si. The zero-order valence-electron chi connectivity index (χ0n) is 27.3. The van der Waals surface area contributed by atoms with Crippen molar-refractivity contribution in [3.8, 4) is 5.75 Å². The summed E-state index contributed by atoms with van der Waals surface area (Å²) in [6.07, 6.45) is -0.423. The molecule has 3 aliphatic heterocycles. The number of carbonyl (C=O) groups is 3. The Kier molecular flexibility index (Phi) is 8.99. The van der Waals surface area contributed by atoms with E-state index in [2.05, 4.69) is 0 Å². The Morgan fingerprint density at radius 2 is 1.81 bits per heavy atom. The summed E-state index contributed by atoms with van der Waals surface area (Å²) in [4.78, 5) is 45.4. The van der Waals surface area contributed by atoms with E-state index in [1.165, 1.54) is 0 Å². The molecule has 0 unspecified atom stereocenters. The quantitative estimate of drug-likeness (QED) is 0.173. The van der Waals surface area contributed by atoms with Crippen LogP contribution >= 0.6 is 0 Å². The van der Waals surface area contributed by atoms with Crippen molar-refractivity contribution in [2.45, 2.75) is 63.2 Å². The summed E-state index contributed by atoms with van der Waals surface area (Å²) >= 11 is 0. The van der Waals surface area contributed by atoms with Crippen molar-refractivity contribution in [2.75, 3.05) is 36.6 Å². The van der Waals surface area contributed by atoms with Crippen molar-refractivity contribution in [3.05, 3.63) is 89.5 Å². The zero-order chi connectivity index (χ0) is 33.5. The summed E-state index contributed by atoms with van der Waals surface area (Å²) in [5.74, 6) is -0.511. The molecule has 2 fully saturated rings. The number of halogens is 1. The third-order valence-electron chi connectivity index (χ3n) is 9.92. The molecule has 3 aliphatic rings. The van der Waals surface area contributed by atoms with E-state index < -0.39 is 31.6 Å². The predicted octanol–water partition coefficient (Wildman–Crippen LogP) is 5.16. The first-order chi connectivity index (χ1) is 22.5. The van der Waals surface area contributed by atoms with Crippen molar-refractivity contribution >= 4 is 37.5 Å². The van der Waals surface area contributed by atoms with Gasteiger partial charge in [0.1, 0.15) is 5.75 Å². The van der Waals surface area contributed by atoms with Crippen molar-refractivity contribution in [2.24, 2.45) is 5.92 Å². The molecule has 2 saturated heterocycles. The van der Waals surface area contributed by atoms with E-state index in [4.69, 9.17) is 9.47 Å². The molecule has 3 aromatic carbocycles. The second-order valence-electron chi connectivity index (χ2n) is 13.2. The summed E-state index contributed by atoms with van der Waals surface area (Å²) in [6, 6.07) is 22.5. The minimum Gasteiger partial charge on any atom is -0.497 e. The highest BCUT2D eigenvalue weighted by atomic mass is 28.4. The molecule has 3 amide bonds. The molecule has 3 heterocycles. The van der Waals surface area contributed by atoms with E-state index in [0.717, 1.165) is 16.8 Å². The van der Waals surface area contributed by atoms with Crippen LogP contribution in [0.3, 0.4) is 0 Å². The van der Waals surface area contributed by atoms with Crippen molar-refractivity contribution in [3.63, 3.8) is 0 Å². The fourth-order valence-electron chi connectivity index (χ4n) is 7.58. The van der Waals surface area contributed by atoms with Crippen LogP contribution in [-0.4, -0.2) is 69.0 Å². The normalized spacial score (nSPS) is 23.7. The molecule has 248 valence electrons. The highest BCUT2D eigenvalue weighted by molar-refractivity contribution is 6.72. The lowest BCUT2D eigenvalue weighted by Crippen LogP contribution is -2.45. The van der Waals surface area contributed by atoms with Gasteiger partial charge in [-0.25, -0.2) is 0 Å². The van der Waals surface area contributed by atoms with Gasteiger partial charge >= 0.3 is 0 Å². The molecule has 11 heteroatoms. The maximum atomic E-state index is 16.4. The topological polar surface area (TPSA) is 99.6 Å². The van der Waals surface area contributed by atoms with Gasteiger partial charge in [0.2, 0.25) is 20.2 Å². The van der Waals surface area contributed by atoms with Gasteiger partial charge in [-0.1, -0.05) is 49.4 Å². The number of hydrogen-bond donors (Lipinski definition) is 1. The number of ether oxygens (including phenoxy) is 2. The van der Waals surface area contributed by atoms with Crippen molar-refractivity contribution in [1.29, 1.82) is 0 Å². The monoisotopic (exact) mass is 659 g/mol. The molecule has 0 aliphatic carbocycles. The van der Waals surface area contributed by atoms with Crippen LogP contribution in [0.25, 0.3) is 0 Å². The number of β-lactam (4-membered cyclic amide) rings is 1. The van der Waals surface area contributed by atoms with Crippen LogP contribution in [0, 0.1) is 5.92 Å². The lowest BCUT2D eigenvalue weighted by atomic mass is 9.82. The number of amides is 3. The summed E-state index contributed by atoms with van der Waals surface area (Å²) in [7, 11) is -1.95. The van der Waals surface area contributed by atoms with Gasteiger partial charge < -0.3 is 33.4 Å². The zero-order valence-corrected chi connectivity index (χ0v) is 28.3. The van der Waals surface area contributed by atoms with Gasteiger partial charge in [0.15, 0.2) is 5.60 Å². The standard InChI is InChI=1S/C36H42FN3O6Si/c1-24-34(47(3,4)37)31(21-33(43)38(18-19-41)22-25-8-6-5-7-9-25)46-36(24)29-20-28(45-2)14-15-30(29)40(35(36)44)23-26-10-12-27(13-11-26)39-17-16-32(39)42/h5-15,20,24,31,34,41H,16-19,21-23H2,1-4H3/t24-,31+,34-,36+/m1/s1. The Hall–Kier alpha value is -4.06. The first-order valence-corrected chi connectivity index (χ1v) is 19.1. The minimum absolute atomic E-state index is 0.0890. The number of methoxy groups -OCH3 is 1. The number of benzene rings is 3. The maximum absolute atomic E-state index is 16.4. The van der Waals surface area contributed by atoms with Gasteiger partial charge in [0, 0.05) is 48.8 Å². The third-order valence-corrected chi connectivity index (χ3v) is 12.4. The Balaban J connectivity index is 1.33. The molecule has 3 aromatic rings. The number of carbonyl (C=O) groups excluding carboxylic acids is 3. The molecule has 0 bridgehead atoms. The molecule has 4 atom stereocenters. The van der Waals surface area contributed by atoms with E-state index in [-0.39, 0.29) is 43.8 Å². The maximum Gasteiger partial charge on any atom is 0.264 e. The van der Waals surface area contributed by atoms with Gasteiger partial charge in [-0.15, -0.1) is 0 Å². The van der Waals surface area contributed by atoms with E-state index >= 15 is 4.11 Å². The summed E-state index contributed by atoms with van der Waals surface area (Å²) in [5.41, 5.74) is 1.68. The molecule has 9 nitrogen and oxygen atoms in total. The van der Waals surface area contributed by atoms with Gasteiger partial charge in [0.05, 0.1) is 38.5 Å². The van der Waals surface area contributed by atoms with Crippen LogP contribution in [0.2, 0.25) is 18.6 Å². The Morgan fingerprint density at radius 3 is 2.40 bits per heavy atom. The van der Waals surface area contributed by atoms with E-state index in [1.54, 1.807) is 47.0 Å². The van der Waals surface area contributed by atoms with Crippen LogP contribution in [-0.2, 0) is 37.8 Å². The number of aliphatic hydroxyl groups is 1. The SMILES string of the molecule is COc1ccc2c(c1)[C@]1(O[C@@H](CC(=O)N(CCO)Cc3ccccc3)[C@H]([Si](C)(C)F)[C@H]1C)C(=O)N2Cc1ccc(N2CCC2=O)cc1. The molecule has 1 spiro atoms. The van der Waals surface area contributed by atoms with Crippen LogP contribution in [0.15, 0.2) is 72.8 Å². The highest BCUT2D eigenvalue weighted by Gasteiger charge is 2.67. The third kappa shape index (κ3) is 5.96. The molecule has 0 radical (unpaired) electrons. The van der Waals surface area contributed by atoms with Crippen molar-refractivity contribution in [1.82, 2.24) is 4.90 Å². The number of aliphatic hydroxyl groups excluding tert-OH is 1. The van der Waals surface area contributed by atoms with E-state index in [1.807, 2.05) is 67.6 Å². The Bertz CT molecular complexity index is 1650. The summed E-state index contributed by atoms with van der Waals surface area (Å²) in [5, 5.41) is 9.77. The predicted molar refractivity (Wildman–Crippen MR) is 179 cm³/mol. The smallest absolute Gasteiger partial charge is 0.264 e. The molecular weight excluding hydrogens is 617 g/mol. The minimum atomic E-state index is -3.51. The first kappa shape index (κ1) is 32.9. The first-order valence-electron chi connectivity index (χ1n) is 16.2. The Morgan fingerprint density at radius 1 is 1.09 bits per heavy atom. The number of hydrogen-bond acceptors (Lipinski definition) is 6. The van der Waals surface area contributed by atoms with Crippen molar-refractivity contribution < 1.29 is 33.1 Å². The highest BCUT2D eigenvalue weighted by Crippen LogP contribution is 2.60. The van der Waals surface area contributed by atoms with E-state index in [9.17, 15) is 19.5 Å². The molecule has 47 heavy (non-hydrogen) atoms. The van der Waals surface area contributed by atoms with Crippen LogP contribution in [0.1, 0.15) is 36.5 Å². The van der Waals surface area contributed by atoms with E-state index in [0.29, 0.717) is 36.5 Å². The van der Waals surface area contributed by atoms with Gasteiger partial charge in [-0.2, -0.15) is 0 Å². The number of nitrogens with zero attached hydrogens (tertiary/aromatic N) is 3. The summed E-state index contributed by atoms with van der Waals surface area (Å²) in [6.45, 7) is 6.23. The average Bonchev–Trinajstić information content (AvgIpc) is 3.47. The van der Waals surface area contributed by atoms with Crippen LogP contribution in [0.5, 0.6) is 5.75 Å². The number of rotatable bonds is 11. The largest absolute Gasteiger partial charge is 0.497 e. The van der Waals surface area contributed by atoms with Crippen LogP contribution < -0.4 is 14.5 Å². The molecule has 0 aromatic heterocycles. The summed E-state index contributed by atoms with van der Waals surface area (Å²) < 4.78 is 28.7. The van der Waals surface area contributed by atoms with Gasteiger partial charge in [0.25, 0.3) is 5.91 Å². The Labute approximate surface area is 276 Å². The fraction of sp³-hybridized carbons (Fsp3) is 0.417. The second kappa shape index (κ2) is 12.9.